The van der Waals surface area contributed by atoms with Crippen LogP contribution in [0, 0.1) is 11.6 Å². The molecule has 0 unspecified atom stereocenters. The Kier molecular flexibility index (Phi) is 5.25. The van der Waals surface area contributed by atoms with Crippen molar-refractivity contribution in [2.45, 2.75) is 37.9 Å². The molecule has 1 aromatic carbocycles. The Morgan fingerprint density at radius 3 is 2.92 bits per heavy atom. The Balaban J connectivity index is 1.28. The molecule has 0 spiro atoms. The average Bonchev–Trinajstić information content (AvgIpc) is 3.65. The number of benzene rings is 1. The van der Waals surface area contributed by atoms with Gasteiger partial charge in [-0.15, -0.1) is 5.10 Å². The molecule has 2 aliphatic rings. The molecule has 2 aliphatic heterocycles. The number of aliphatic hydroxyl groups is 1. The summed E-state index contributed by atoms with van der Waals surface area (Å²) in [5.74, 6) is -0.835. The standard InChI is InChI=1S/C24H21ClF2N8O/c25-16-2-4-19(35-12-30-32-33-35)21(23(16)27)13-6-8-34-14(9-13)1-3-20(34)24-29-10-17(31-24)15-5-7-28-18(11-36)22(15)26/h2,4-7,10,12,14,20,36H,1,3,8-9,11H2,(H,29,31)/t14-,20+/m1/s1/i11D2. The van der Waals surface area contributed by atoms with Gasteiger partial charge in [0.15, 0.2) is 11.6 Å². The Morgan fingerprint density at radius 2 is 2.11 bits per heavy atom. The second-order valence-electron chi connectivity index (χ2n) is 8.69. The maximum absolute atomic E-state index is 15.3. The quantitative estimate of drug-likeness (QED) is 0.418. The second kappa shape index (κ2) is 9.16. The van der Waals surface area contributed by atoms with Crippen LogP contribution in [0.3, 0.4) is 0 Å². The molecule has 0 bridgehead atoms. The van der Waals surface area contributed by atoms with Crippen LogP contribution in [0.25, 0.3) is 22.5 Å². The number of rotatable bonds is 5. The summed E-state index contributed by atoms with van der Waals surface area (Å²) in [7, 11) is 0. The van der Waals surface area contributed by atoms with E-state index >= 15 is 4.39 Å². The third kappa shape index (κ3) is 3.80. The van der Waals surface area contributed by atoms with Gasteiger partial charge in [0, 0.05) is 36.1 Å². The van der Waals surface area contributed by atoms with Gasteiger partial charge in [-0.1, -0.05) is 17.7 Å². The predicted molar refractivity (Wildman–Crippen MR) is 127 cm³/mol. The summed E-state index contributed by atoms with van der Waals surface area (Å²) < 4.78 is 46.4. The highest BCUT2D eigenvalue weighted by molar-refractivity contribution is 6.31. The second-order valence-corrected chi connectivity index (χ2v) is 9.10. The summed E-state index contributed by atoms with van der Waals surface area (Å²) in [6.45, 7) is -2.37. The largest absolute Gasteiger partial charge is 0.390 e. The van der Waals surface area contributed by atoms with E-state index in [4.69, 9.17) is 14.3 Å². The average molecular weight is 513 g/mol. The molecule has 9 nitrogen and oxygen atoms in total. The van der Waals surface area contributed by atoms with E-state index in [1.165, 1.54) is 29.3 Å². The maximum Gasteiger partial charge on any atom is 0.156 e. The lowest BCUT2D eigenvalue weighted by atomic mass is 9.92. The number of pyridine rings is 1. The fourth-order valence-corrected chi connectivity index (χ4v) is 5.31. The summed E-state index contributed by atoms with van der Waals surface area (Å²) in [5, 5.41) is 20.9. The molecule has 1 saturated heterocycles. The normalized spacial score (nSPS) is 21.2. The first kappa shape index (κ1) is 20.6. The molecule has 2 N–H and O–H groups in total. The van der Waals surface area contributed by atoms with Gasteiger partial charge in [-0.2, -0.15) is 4.68 Å². The van der Waals surface area contributed by atoms with E-state index in [-0.39, 0.29) is 28.4 Å². The number of nitrogens with zero attached hydrogens (tertiary/aromatic N) is 7. The summed E-state index contributed by atoms with van der Waals surface area (Å²) in [4.78, 5) is 13.6. The van der Waals surface area contributed by atoms with Gasteiger partial charge >= 0.3 is 0 Å². The number of fused-ring (bicyclic) bond motifs is 1. The van der Waals surface area contributed by atoms with E-state index in [0.29, 0.717) is 30.0 Å². The molecule has 36 heavy (non-hydrogen) atoms. The number of hydrogen-bond acceptors (Lipinski definition) is 7. The molecule has 184 valence electrons. The lowest BCUT2D eigenvalue weighted by Crippen LogP contribution is -2.35. The van der Waals surface area contributed by atoms with Crippen LogP contribution >= 0.6 is 11.6 Å². The van der Waals surface area contributed by atoms with Gasteiger partial charge in [0.05, 0.1) is 31.7 Å². The molecule has 2 atom stereocenters. The molecule has 3 aromatic heterocycles. The van der Waals surface area contributed by atoms with Crippen molar-refractivity contribution in [3.8, 4) is 16.9 Å². The van der Waals surface area contributed by atoms with E-state index in [9.17, 15) is 9.50 Å². The van der Waals surface area contributed by atoms with E-state index in [2.05, 4.69) is 35.4 Å². The Morgan fingerprint density at radius 1 is 1.22 bits per heavy atom. The van der Waals surface area contributed by atoms with E-state index in [1.54, 1.807) is 12.3 Å². The zero-order valence-electron chi connectivity index (χ0n) is 20.7. The highest BCUT2D eigenvalue weighted by Crippen LogP contribution is 2.43. The van der Waals surface area contributed by atoms with Crippen LogP contribution in [0.5, 0.6) is 0 Å². The highest BCUT2D eigenvalue weighted by atomic mass is 35.5. The summed E-state index contributed by atoms with van der Waals surface area (Å²) >= 11 is 6.13. The van der Waals surface area contributed by atoms with Crippen molar-refractivity contribution in [2.75, 3.05) is 6.54 Å². The predicted octanol–water partition coefficient (Wildman–Crippen LogP) is 3.86. The highest BCUT2D eigenvalue weighted by Gasteiger charge is 2.38. The number of aromatic amines is 1. The van der Waals surface area contributed by atoms with Crippen LogP contribution < -0.4 is 0 Å². The van der Waals surface area contributed by atoms with Crippen LogP contribution in [-0.4, -0.2) is 57.8 Å². The molecular formula is C24H21ClF2N8O. The van der Waals surface area contributed by atoms with Crippen molar-refractivity contribution in [1.29, 1.82) is 0 Å². The van der Waals surface area contributed by atoms with E-state index in [0.717, 1.165) is 18.4 Å². The first-order valence-corrected chi connectivity index (χ1v) is 11.7. The van der Waals surface area contributed by atoms with Gasteiger partial charge < -0.3 is 10.1 Å². The molecule has 0 radical (unpaired) electrons. The topological polar surface area (TPSA) is 109 Å². The summed E-state index contributed by atoms with van der Waals surface area (Å²) in [6.07, 6.45) is 8.40. The molecule has 0 saturated carbocycles. The monoisotopic (exact) mass is 512 g/mol. The molecule has 4 aromatic rings. The minimum atomic E-state index is -2.91. The van der Waals surface area contributed by atoms with Crippen LogP contribution in [0.1, 0.15) is 45.1 Å². The third-order valence-electron chi connectivity index (χ3n) is 6.82. The summed E-state index contributed by atoms with van der Waals surface area (Å²) in [6, 6.07) is 4.62. The number of imidazole rings is 1. The Bertz CT molecular complexity index is 1540. The van der Waals surface area contributed by atoms with Crippen molar-refractivity contribution in [2.24, 2.45) is 0 Å². The zero-order valence-corrected chi connectivity index (χ0v) is 19.5. The smallest absolute Gasteiger partial charge is 0.156 e. The van der Waals surface area contributed by atoms with E-state index in [1.807, 2.05) is 6.08 Å². The van der Waals surface area contributed by atoms with Gasteiger partial charge in [-0.25, -0.2) is 13.8 Å². The lowest BCUT2D eigenvalue weighted by Gasteiger charge is -2.33. The van der Waals surface area contributed by atoms with Crippen LogP contribution in [0.2, 0.25) is 5.02 Å². The van der Waals surface area contributed by atoms with Crippen molar-refractivity contribution >= 4 is 17.2 Å². The van der Waals surface area contributed by atoms with Gasteiger partial charge in [-0.3, -0.25) is 9.88 Å². The molecule has 12 heteroatoms. The summed E-state index contributed by atoms with van der Waals surface area (Å²) in [5.41, 5.74) is 1.34. The molecule has 5 heterocycles. The Labute approximate surface area is 212 Å². The van der Waals surface area contributed by atoms with Crippen molar-refractivity contribution in [1.82, 2.24) is 40.1 Å². The molecule has 6 rings (SSSR count). The molecular weight excluding hydrogens is 490 g/mol. The van der Waals surface area contributed by atoms with Crippen LogP contribution in [-0.2, 0) is 6.56 Å². The van der Waals surface area contributed by atoms with Gasteiger partial charge in [-0.05, 0) is 53.5 Å². The maximum atomic E-state index is 15.3. The number of nitrogens with one attached hydrogen (secondary N) is 1. The minimum Gasteiger partial charge on any atom is -0.390 e. The number of hydrogen-bond donors (Lipinski definition) is 2. The Hall–Kier alpha value is -3.54. The fourth-order valence-electron chi connectivity index (χ4n) is 5.16. The first-order valence-electron chi connectivity index (χ1n) is 12.3. The van der Waals surface area contributed by atoms with Gasteiger partial charge in [0.1, 0.15) is 17.8 Å². The number of tetrazole rings is 1. The van der Waals surface area contributed by atoms with Crippen LogP contribution in [0.4, 0.5) is 8.78 Å². The molecule has 0 aliphatic carbocycles. The lowest BCUT2D eigenvalue weighted by molar-refractivity contribution is 0.205. The number of aromatic nitrogens is 7. The van der Waals surface area contributed by atoms with Gasteiger partial charge in [0.2, 0.25) is 0 Å². The molecule has 0 amide bonds. The number of H-pyrrole nitrogens is 1. The van der Waals surface area contributed by atoms with E-state index < -0.39 is 23.9 Å². The van der Waals surface area contributed by atoms with Crippen LogP contribution in [0.15, 0.2) is 43.0 Å². The minimum absolute atomic E-state index is 0.0216. The first-order chi connectivity index (χ1) is 18.2. The van der Waals surface area contributed by atoms with Crippen molar-refractivity contribution < 1.29 is 16.6 Å². The van der Waals surface area contributed by atoms with Crippen molar-refractivity contribution in [3.05, 3.63) is 76.7 Å². The van der Waals surface area contributed by atoms with Crippen molar-refractivity contribution in [3.63, 3.8) is 0 Å². The number of halogens is 3. The fraction of sp³-hybridized carbons (Fsp3) is 0.292. The molecule has 1 fully saturated rings. The zero-order chi connectivity index (χ0) is 26.6. The van der Waals surface area contributed by atoms with Gasteiger partial charge in [0.25, 0.3) is 0 Å². The third-order valence-corrected chi connectivity index (χ3v) is 7.11. The SMILES string of the molecule is [2H]C([2H])(O)c1nccc(-c2c[nH]c([C@@H]3CC[C@@H]4CC(c5c(-n6cnnn6)ccc(Cl)c5F)=CCN43)n2)c1F.